The number of aromatic hydroxyl groups is 1. The molecule has 1 atom stereocenters. The SMILES string of the molecule is CCCCC(Cc1ccc(O)cc1)CC1CCCC1. The summed E-state index contributed by atoms with van der Waals surface area (Å²) in [7, 11) is 0. The number of phenolic OH excluding ortho intramolecular Hbond substituents is 1. The zero-order chi connectivity index (χ0) is 13.5. The molecular formula is C18H28O. The highest BCUT2D eigenvalue weighted by atomic mass is 16.3. The summed E-state index contributed by atoms with van der Waals surface area (Å²) in [5, 5.41) is 9.36. The summed E-state index contributed by atoms with van der Waals surface area (Å²) in [4.78, 5) is 0. The Hall–Kier alpha value is -0.980. The van der Waals surface area contributed by atoms with Gasteiger partial charge < -0.3 is 5.11 Å². The first-order chi connectivity index (χ1) is 9.28. The van der Waals surface area contributed by atoms with Gasteiger partial charge in [0.2, 0.25) is 0 Å². The van der Waals surface area contributed by atoms with E-state index in [4.69, 9.17) is 0 Å². The molecule has 1 unspecified atom stereocenters. The third-order valence-corrected chi connectivity index (χ3v) is 4.57. The molecule has 0 bridgehead atoms. The van der Waals surface area contributed by atoms with Gasteiger partial charge in [-0.3, -0.25) is 0 Å². The Labute approximate surface area is 118 Å². The maximum atomic E-state index is 9.36. The van der Waals surface area contributed by atoms with Crippen LogP contribution in [-0.2, 0) is 6.42 Å². The molecule has 1 saturated carbocycles. The molecule has 0 aliphatic heterocycles. The van der Waals surface area contributed by atoms with Gasteiger partial charge in [-0.15, -0.1) is 0 Å². The number of hydrogen-bond donors (Lipinski definition) is 1. The van der Waals surface area contributed by atoms with Crippen molar-refractivity contribution in [2.45, 2.75) is 64.7 Å². The fourth-order valence-electron chi connectivity index (χ4n) is 3.48. The molecule has 2 rings (SSSR count). The van der Waals surface area contributed by atoms with Crippen LogP contribution < -0.4 is 0 Å². The monoisotopic (exact) mass is 260 g/mol. The predicted molar refractivity (Wildman–Crippen MR) is 81.4 cm³/mol. The minimum atomic E-state index is 0.379. The lowest BCUT2D eigenvalue weighted by Crippen LogP contribution is -2.10. The van der Waals surface area contributed by atoms with Crippen molar-refractivity contribution in [3.63, 3.8) is 0 Å². The third kappa shape index (κ3) is 4.89. The Bertz CT molecular complexity index is 348. The fraction of sp³-hybridized carbons (Fsp3) is 0.667. The molecule has 0 aromatic heterocycles. The van der Waals surface area contributed by atoms with Crippen LogP contribution in [0, 0.1) is 11.8 Å². The maximum absolute atomic E-state index is 9.36. The standard InChI is InChI=1S/C18H28O/c1-2-3-6-17(13-15-7-4-5-8-15)14-16-9-11-18(19)12-10-16/h9-12,15,17,19H,2-8,13-14H2,1H3. The quantitative estimate of drug-likeness (QED) is 0.703. The largest absolute Gasteiger partial charge is 0.508 e. The number of benzene rings is 1. The Morgan fingerprint density at radius 2 is 1.84 bits per heavy atom. The minimum absolute atomic E-state index is 0.379. The Kier molecular flexibility index (Phi) is 5.75. The van der Waals surface area contributed by atoms with Gasteiger partial charge >= 0.3 is 0 Å². The van der Waals surface area contributed by atoms with E-state index in [-0.39, 0.29) is 0 Å². The summed E-state index contributed by atoms with van der Waals surface area (Å²) < 4.78 is 0. The molecule has 1 heteroatoms. The van der Waals surface area contributed by atoms with E-state index < -0.39 is 0 Å². The molecule has 1 aromatic rings. The van der Waals surface area contributed by atoms with E-state index in [1.165, 1.54) is 63.4 Å². The molecule has 1 aliphatic rings. The second-order valence-electron chi connectivity index (χ2n) is 6.27. The summed E-state index contributed by atoms with van der Waals surface area (Å²) in [5.74, 6) is 2.20. The molecule has 0 spiro atoms. The molecule has 1 aliphatic carbocycles. The van der Waals surface area contributed by atoms with Gasteiger partial charge in [0.15, 0.2) is 0 Å². The molecule has 0 heterocycles. The van der Waals surface area contributed by atoms with Gasteiger partial charge in [0.25, 0.3) is 0 Å². The Balaban J connectivity index is 1.89. The van der Waals surface area contributed by atoms with Gasteiger partial charge in [0.1, 0.15) is 5.75 Å². The lowest BCUT2D eigenvalue weighted by molar-refractivity contribution is 0.347. The van der Waals surface area contributed by atoms with Gasteiger partial charge in [-0.2, -0.15) is 0 Å². The summed E-state index contributed by atoms with van der Waals surface area (Å²) in [6, 6.07) is 7.81. The maximum Gasteiger partial charge on any atom is 0.115 e. The van der Waals surface area contributed by atoms with E-state index in [0.29, 0.717) is 5.75 Å². The molecule has 0 saturated heterocycles. The summed E-state index contributed by atoms with van der Waals surface area (Å²) in [6.07, 6.45) is 12.4. The van der Waals surface area contributed by atoms with E-state index >= 15 is 0 Å². The van der Waals surface area contributed by atoms with Crippen molar-refractivity contribution >= 4 is 0 Å². The Morgan fingerprint density at radius 1 is 1.16 bits per heavy atom. The van der Waals surface area contributed by atoms with Crippen molar-refractivity contribution in [1.29, 1.82) is 0 Å². The molecule has 1 nitrogen and oxygen atoms in total. The van der Waals surface area contributed by atoms with Crippen LogP contribution in [0.25, 0.3) is 0 Å². The lowest BCUT2D eigenvalue weighted by Gasteiger charge is -2.20. The number of rotatable bonds is 7. The van der Waals surface area contributed by atoms with Crippen LogP contribution in [0.1, 0.15) is 63.9 Å². The predicted octanol–water partition coefficient (Wildman–Crippen LogP) is 5.32. The number of unbranched alkanes of at least 4 members (excludes halogenated alkanes) is 1. The normalized spacial score (nSPS) is 17.7. The van der Waals surface area contributed by atoms with E-state index in [2.05, 4.69) is 19.1 Å². The summed E-state index contributed by atoms with van der Waals surface area (Å²) in [5.41, 5.74) is 1.39. The first-order valence-electron chi connectivity index (χ1n) is 8.06. The second-order valence-corrected chi connectivity index (χ2v) is 6.27. The first-order valence-corrected chi connectivity index (χ1v) is 8.06. The Morgan fingerprint density at radius 3 is 2.47 bits per heavy atom. The number of phenols is 1. The van der Waals surface area contributed by atoms with Crippen molar-refractivity contribution in [2.75, 3.05) is 0 Å². The van der Waals surface area contributed by atoms with Crippen LogP contribution in [0.15, 0.2) is 24.3 Å². The third-order valence-electron chi connectivity index (χ3n) is 4.57. The molecule has 1 fully saturated rings. The van der Waals surface area contributed by atoms with Gasteiger partial charge in [-0.25, -0.2) is 0 Å². The fourth-order valence-corrected chi connectivity index (χ4v) is 3.48. The molecule has 106 valence electrons. The van der Waals surface area contributed by atoms with E-state index in [1.807, 2.05) is 12.1 Å². The highest BCUT2D eigenvalue weighted by molar-refractivity contribution is 5.26. The first kappa shape index (κ1) is 14.4. The van der Waals surface area contributed by atoms with Gasteiger partial charge in [0.05, 0.1) is 0 Å². The van der Waals surface area contributed by atoms with Crippen molar-refractivity contribution in [2.24, 2.45) is 11.8 Å². The van der Waals surface area contributed by atoms with E-state index in [0.717, 1.165) is 11.8 Å². The van der Waals surface area contributed by atoms with Crippen LogP contribution in [0.2, 0.25) is 0 Å². The van der Waals surface area contributed by atoms with E-state index in [9.17, 15) is 5.11 Å². The van der Waals surface area contributed by atoms with Gasteiger partial charge in [-0.1, -0.05) is 64.0 Å². The van der Waals surface area contributed by atoms with Crippen LogP contribution in [0.3, 0.4) is 0 Å². The highest BCUT2D eigenvalue weighted by Gasteiger charge is 2.20. The second kappa shape index (κ2) is 7.57. The van der Waals surface area contributed by atoms with Gasteiger partial charge in [0, 0.05) is 0 Å². The van der Waals surface area contributed by atoms with E-state index in [1.54, 1.807) is 0 Å². The molecule has 1 aromatic carbocycles. The van der Waals surface area contributed by atoms with Crippen LogP contribution in [0.5, 0.6) is 5.75 Å². The van der Waals surface area contributed by atoms with Crippen LogP contribution in [-0.4, -0.2) is 5.11 Å². The van der Waals surface area contributed by atoms with Crippen molar-refractivity contribution in [1.82, 2.24) is 0 Å². The molecule has 19 heavy (non-hydrogen) atoms. The van der Waals surface area contributed by atoms with Crippen LogP contribution >= 0.6 is 0 Å². The topological polar surface area (TPSA) is 20.2 Å². The average molecular weight is 260 g/mol. The summed E-state index contributed by atoms with van der Waals surface area (Å²) in [6.45, 7) is 2.28. The van der Waals surface area contributed by atoms with Gasteiger partial charge in [-0.05, 0) is 42.4 Å². The zero-order valence-corrected chi connectivity index (χ0v) is 12.3. The van der Waals surface area contributed by atoms with Crippen LogP contribution in [0.4, 0.5) is 0 Å². The smallest absolute Gasteiger partial charge is 0.115 e. The summed E-state index contributed by atoms with van der Waals surface area (Å²) >= 11 is 0. The van der Waals surface area contributed by atoms with Crippen molar-refractivity contribution in [3.8, 4) is 5.75 Å². The molecule has 1 N–H and O–H groups in total. The van der Waals surface area contributed by atoms with Crippen molar-refractivity contribution < 1.29 is 5.11 Å². The highest BCUT2D eigenvalue weighted by Crippen LogP contribution is 2.33. The van der Waals surface area contributed by atoms with Crippen molar-refractivity contribution in [3.05, 3.63) is 29.8 Å². The minimum Gasteiger partial charge on any atom is -0.508 e. The average Bonchev–Trinajstić information content (AvgIpc) is 2.91. The molecule has 0 radical (unpaired) electrons. The lowest BCUT2D eigenvalue weighted by atomic mass is 9.85. The molecular weight excluding hydrogens is 232 g/mol. The zero-order valence-electron chi connectivity index (χ0n) is 12.3. The molecule has 0 amide bonds. The number of hydrogen-bond acceptors (Lipinski definition) is 1.